The Morgan fingerprint density at radius 2 is 2.21 bits per heavy atom. The number of carbonyl (C=O) groups excluding carboxylic acids is 1. The second-order valence-corrected chi connectivity index (χ2v) is 4.96. The number of unbranched alkanes of at least 4 members (excludes halogenated alkanes) is 1. The van der Waals surface area contributed by atoms with Crippen LogP contribution in [0.1, 0.15) is 49.8 Å². The van der Waals surface area contributed by atoms with E-state index in [0.29, 0.717) is 6.61 Å². The van der Waals surface area contributed by atoms with Gasteiger partial charge in [0.25, 0.3) is 0 Å². The minimum Gasteiger partial charge on any atom is -0.464 e. The fourth-order valence-corrected chi connectivity index (χ4v) is 2.42. The van der Waals surface area contributed by atoms with Crippen LogP contribution < -0.4 is 0 Å². The molecule has 1 unspecified atom stereocenters. The summed E-state index contributed by atoms with van der Waals surface area (Å²) in [6.45, 7) is 2.63. The average molecular weight is 262 g/mol. The van der Waals surface area contributed by atoms with Gasteiger partial charge in [0.15, 0.2) is 0 Å². The first-order valence-corrected chi connectivity index (χ1v) is 7.16. The number of hydrogen-bond acceptors (Lipinski definition) is 3. The molecule has 0 fully saturated rings. The van der Waals surface area contributed by atoms with Gasteiger partial charge in [0.1, 0.15) is 6.61 Å². The SMILES string of the molecule is CCCCOC(=O)COC1CCCc2ccccc21. The van der Waals surface area contributed by atoms with Crippen LogP contribution in [0.2, 0.25) is 0 Å². The molecule has 1 aromatic carbocycles. The Labute approximate surface area is 114 Å². The molecule has 0 heterocycles. The van der Waals surface area contributed by atoms with Crippen molar-refractivity contribution in [2.75, 3.05) is 13.2 Å². The van der Waals surface area contributed by atoms with Crippen LogP contribution in [0.25, 0.3) is 0 Å². The smallest absolute Gasteiger partial charge is 0.332 e. The molecule has 0 aromatic heterocycles. The summed E-state index contributed by atoms with van der Waals surface area (Å²) in [5.41, 5.74) is 2.58. The van der Waals surface area contributed by atoms with E-state index < -0.39 is 0 Å². The molecule has 0 amide bonds. The number of carbonyl (C=O) groups is 1. The minimum absolute atomic E-state index is 0.0451. The van der Waals surface area contributed by atoms with Crippen LogP contribution in [0.3, 0.4) is 0 Å². The van der Waals surface area contributed by atoms with Gasteiger partial charge in [0.05, 0.1) is 12.7 Å². The number of aryl methyl sites for hydroxylation is 1. The van der Waals surface area contributed by atoms with Gasteiger partial charge in [-0.2, -0.15) is 0 Å². The Morgan fingerprint density at radius 3 is 3.05 bits per heavy atom. The molecule has 0 spiro atoms. The van der Waals surface area contributed by atoms with Gasteiger partial charge >= 0.3 is 5.97 Å². The molecule has 1 atom stereocenters. The van der Waals surface area contributed by atoms with Gasteiger partial charge in [-0.3, -0.25) is 0 Å². The maximum atomic E-state index is 11.5. The van der Waals surface area contributed by atoms with Crippen molar-refractivity contribution in [1.29, 1.82) is 0 Å². The zero-order valence-corrected chi connectivity index (χ0v) is 11.6. The van der Waals surface area contributed by atoms with Crippen LogP contribution in [0.15, 0.2) is 24.3 Å². The summed E-state index contributed by atoms with van der Waals surface area (Å²) in [4.78, 5) is 11.5. The lowest BCUT2D eigenvalue weighted by molar-refractivity contribution is -0.151. The van der Waals surface area contributed by atoms with Crippen molar-refractivity contribution >= 4 is 5.97 Å². The third kappa shape index (κ3) is 4.06. The second-order valence-electron chi connectivity index (χ2n) is 4.96. The van der Waals surface area contributed by atoms with E-state index in [-0.39, 0.29) is 18.7 Å². The number of rotatable bonds is 6. The van der Waals surface area contributed by atoms with Gasteiger partial charge in [-0.05, 0) is 36.8 Å². The van der Waals surface area contributed by atoms with Crippen molar-refractivity contribution in [1.82, 2.24) is 0 Å². The Bertz CT molecular complexity index is 414. The summed E-state index contributed by atoms with van der Waals surface area (Å²) >= 11 is 0. The molecule has 0 N–H and O–H groups in total. The predicted octanol–water partition coefficient (Wildman–Crippen LogP) is 3.42. The zero-order chi connectivity index (χ0) is 13.5. The molecule has 1 aromatic rings. The van der Waals surface area contributed by atoms with Gasteiger partial charge < -0.3 is 9.47 Å². The van der Waals surface area contributed by atoms with Crippen LogP contribution in [0, 0.1) is 0 Å². The standard InChI is InChI=1S/C16H22O3/c1-2-3-11-18-16(17)12-19-15-10-6-8-13-7-4-5-9-14(13)15/h4-5,7,9,15H,2-3,6,8,10-12H2,1H3. The van der Waals surface area contributed by atoms with Crippen LogP contribution in [0.4, 0.5) is 0 Å². The van der Waals surface area contributed by atoms with E-state index in [4.69, 9.17) is 9.47 Å². The molecule has 0 aliphatic heterocycles. The molecule has 0 bridgehead atoms. The Morgan fingerprint density at radius 1 is 1.37 bits per heavy atom. The highest BCUT2D eigenvalue weighted by Gasteiger charge is 2.21. The van der Waals surface area contributed by atoms with Crippen LogP contribution in [-0.2, 0) is 20.7 Å². The summed E-state index contributed by atoms with van der Waals surface area (Å²) in [6, 6.07) is 8.33. The summed E-state index contributed by atoms with van der Waals surface area (Å²) in [5.74, 6) is -0.253. The summed E-state index contributed by atoms with van der Waals surface area (Å²) in [5, 5.41) is 0. The van der Waals surface area contributed by atoms with E-state index in [9.17, 15) is 4.79 Å². The predicted molar refractivity (Wildman–Crippen MR) is 73.9 cm³/mol. The van der Waals surface area contributed by atoms with Crippen molar-refractivity contribution in [2.24, 2.45) is 0 Å². The lowest BCUT2D eigenvalue weighted by atomic mass is 9.89. The van der Waals surface area contributed by atoms with E-state index in [2.05, 4.69) is 25.1 Å². The summed E-state index contributed by atoms with van der Waals surface area (Å²) in [7, 11) is 0. The topological polar surface area (TPSA) is 35.5 Å². The van der Waals surface area contributed by atoms with Gasteiger partial charge in [-0.1, -0.05) is 37.6 Å². The fourth-order valence-electron chi connectivity index (χ4n) is 2.42. The zero-order valence-electron chi connectivity index (χ0n) is 11.6. The number of fused-ring (bicyclic) bond motifs is 1. The highest BCUT2D eigenvalue weighted by atomic mass is 16.6. The number of esters is 1. The van der Waals surface area contributed by atoms with Crippen molar-refractivity contribution < 1.29 is 14.3 Å². The van der Waals surface area contributed by atoms with Gasteiger partial charge in [0.2, 0.25) is 0 Å². The molecule has 3 nitrogen and oxygen atoms in total. The highest BCUT2D eigenvalue weighted by molar-refractivity contribution is 5.70. The molecule has 2 rings (SSSR count). The third-order valence-corrected chi connectivity index (χ3v) is 3.48. The van der Waals surface area contributed by atoms with E-state index in [1.807, 2.05) is 6.07 Å². The largest absolute Gasteiger partial charge is 0.464 e. The highest BCUT2D eigenvalue weighted by Crippen LogP contribution is 2.32. The molecule has 0 radical (unpaired) electrons. The molecule has 3 heteroatoms. The average Bonchev–Trinajstić information content (AvgIpc) is 2.45. The van der Waals surface area contributed by atoms with Gasteiger partial charge in [0, 0.05) is 0 Å². The third-order valence-electron chi connectivity index (χ3n) is 3.48. The van der Waals surface area contributed by atoms with Crippen molar-refractivity contribution in [3.63, 3.8) is 0 Å². The summed E-state index contributed by atoms with van der Waals surface area (Å²) in [6.07, 6.45) is 5.20. The van der Waals surface area contributed by atoms with E-state index in [1.165, 1.54) is 11.1 Å². The molecular weight excluding hydrogens is 240 g/mol. The molecule has 104 valence electrons. The van der Waals surface area contributed by atoms with Crippen molar-refractivity contribution in [3.8, 4) is 0 Å². The van der Waals surface area contributed by atoms with Crippen LogP contribution in [0.5, 0.6) is 0 Å². The maximum absolute atomic E-state index is 11.5. The Kier molecular flexibility index (Phi) is 5.40. The second kappa shape index (κ2) is 7.29. The maximum Gasteiger partial charge on any atom is 0.332 e. The monoisotopic (exact) mass is 262 g/mol. The molecule has 19 heavy (non-hydrogen) atoms. The minimum atomic E-state index is -0.253. The molecule has 0 saturated carbocycles. The molecule has 1 aliphatic rings. The molecular formula is C16H22O3. The lowest BCUT2D eigenvalue weighted by Gasteiger charge is -2.25. The Balaban J connectivity index is 1.82. The van der Waals surface area contributed by atoms with Crippen molar-refractivity contribution in [3.05, 3.63) is 35.4 Å². The van der Waals surface area contributed by atoms with E-state index >= 15 is 0 Å². The fraction of sp³-hybridized carbons (Fsp3) is 0.562. The lowest BCUT2D eigenvalue weighted by Crippen LogP contribution is -2.19. The Hall–Kier alpha value is -1.35. The van der Waals surface area contributed by atoms with E-state index in [1.54, 1.807) is 0 Å². The van der Waals surface area contributed by atoms with Crippen LogP contribution >= 0.6 is 0 Å². The number of hydrogen-bond donors (Lipinski definition) is 0. The van der Waals surface area contributed by atoms with Gasteiger partial charge in [-0.25, -0.2) is 4.79 Å². The van der Waals surface area contributed by atoms with E-state index in [0.717, 1.165) is 32.1 Å². The van der Waals surface area contributed by atoms with Crippen LogP contribution in [-0.4, -0.2) is 19.2 Å². The summed E-state index contributed by atoms with van der Waals surface area (Å²) < 4.78 is 10.8. The first-order valence-electron chi connectivity index (χ1n) is 7.16. The first-order chi connectivity index (χ1) is 9.31. The molecule has 0 saturated heterocycles. The molecule has 1 aliphatic carbocycles. The quantitative estimate of drug-likeness (QED) is 0.582. The van der Waals surface area contributed by atoms with Crippen molar-refractivity contribution in [2.45, 2.75) is 45.1 Å². The van der Waals surface area contributed by atoms with Gasteiger partial charge in [-0.15, -0.1) is 0 Å². The number of ether oxygens (including phenoxy) is 2. The number of benzene rings is 1. The first kappa shape index (κ1) is 14.1. The normalized spacial score (nSPS) is 17.8.